The second-order valence-corrected chi connectivity index (χ2v) is 11.8. The third kappa shape index (κ3) is 6.30. The summed E-state index contributed by atoms with van der Waals surface area (Å²) in [5.41, 5.74) is 0.496. The van der Waals surface area contributed by atoms with Crippen molar-refractivity contribution in [2.45, 2.75) is 50.5 Å². The van der Waals surface area contributed by atoms with E-state index < -0.39 is 40.9 Å². The largest absolute Gasteiger partial charge is 0.454 e. The van der Waals surface area contributed by atoms with Crippen molar-refractivity contribution in [3.63, 3.8) is 0 Å². The molecule has 4 aromatic rings. The van der Waals surface area contributed by atoms with Crippen LogP contribution in [0.1, 0.15) is 51.3 Å². The molecule has 1 aromatic heterocycles. The topological polar surface area (TPSA) is 49.4 Å². The summed E-state index contributed by atoms with van der Waals surface area (Å²) in [6.07, 6.45) is -2.32. The number of nitrogens with zero attached hydrogens (tertiary/aromatic N) is 1. The second kappa shape index (κ2) is 12.3. The van der Waals surface area contributed by atoms with Crippen molar-refractivity contribution < 1.29 is 35.9 Å². The van der Waals surface area contributed by atoms with Gasteiger partial charge in [0.25, 0.3) is 11.7 Å². The minimum absolute atomic E-state index is 0.0575. The van der Waals surface area contributed by atoms with E-state index in [2.05, 4.69) is 5.32 Å². The molecule has 1 N–H and O–H groups in total. The number of amides is 1. The molecular formula is C31H25ClF6N2O2S. The van der Waals surface area contributed by atoms with Gasteiger partial charge in [-0.05, 0) is 68.1 Å². The maximum Gasteiger partial charge on any atom is 0.454 e. The number of rotatable bonds is 7. The number of alkyl halides is 3. The van der Waals surface area contributed by atoms with Gasteiger partial charge >= 0.3 is 6.18 Å². The van der Waals surface area contributed by atoms with Crippen LogP contribution in [0.3, 0.4) is 0 Å². The highest BCUT2D eigenvalue weighted by molar-refractivity contribution is 7.21. The van der Waals surface area contributed by atoms with Crippen LogP contribution in [-0.2, 0) is 6.54 Å². The number of benzene rings is 3. The molecule has 4 nitrogen and oxygen atoms in total. The van der Waals surface area contributed by atoms with Crippen LogP contribution in [0.15, 0.2) is 54.6 Å². The second-order valence-electron chi connectivity index (χ2n) is 10.4. The van der Waals surface area contributed by atoms with Gasteiger partial charge in [0.15, 0.2) is 0 Å². The lowest BCUT2D eigenvalue weighted by Crippen LogP contribution is -2.44. The van der Waals surface area contributed by atoms with Gasteiger partial charge in [-0.15, -0.1) is 11.3 Å². The molecule has 0 saturated heterocycles. The van der Waals surface area contributed by atoms with Crippen molar-refractivity contribution in [3.05, 3.63) is 93.1 Å². The molecule has 3 aromatic carbocycles. The lowest BCUT2D eigenvalue weighted by molar-refractivity contribution is -0.0885. The van der Waals surface area contributed by atoms with Crippen LogP contribution in [-0.4, -0.2) is 41.9 Å². The Bertz CT molecular complexity index is 1680. The lowest BCUT2D eigenvalue weighted by Gasteiger charge is -2.37. The van der Waals surface area contributed by atoms with Crippen LogP contribution in [0.25, 0.3) is 21.2 Å². The summed E-state index contributed by atoms with van der Waals surface area (Å²) >= 11 is 7.18. The molecule has 43 heavy (non-hydrogen) atoms. The first-order valence-electron chi connectivity index (χ1n) is 13.4. The molecule has 226 valence electrons. The molecule has 12 heteroatoms. The van der Waals surface area contributed by atoms with Crippen molar-refractivity contribution in [2.24, 2.45) is 0 Å². The van der Waals surface area contributed by atoms with Gasteiger partial charge in [-0.3, -0.25) is 9.59 Å². The molecule has 1 heterocycles. The average molecular weight is 639 g/mol. The fourth-order valence-corrected chi connectivity index (χ4v) is 6.95. The Balaban J connectivity index is 1.50. The molecule has 1 aliphatic carbocycles. The number of carbonyl (C=O) groups is 2. The number of halogens is 7. The van der Waals surface area contributed by atoms with Crippen LogP contribution < -0.4 is 5.32 Å². The van der Waals surface area contributed by atoms with E-state index in [1.54, 1.807) is 0 Å². The fraction of sp³-hybridized carbons (Fsp3) is 0.290. The summed E-state index contributed by atoms with van der Waals surface area (Å²) < 4.78 is 82.7. The first kappa shape index (κ1) is 31.0. The Morgan fingerprint density at radius 1 is 0.907 bits per heavy atom. The van der Waals surface area contributed by atoms with Crippen LogP contribution in [0.2, 0.25) is 5.02 Å². The first-order chi connectivity index (χ1) is 20.4. The Morgan fingerprint density at radius 2 is 1.51 bits per heavy atom. The summed E-state index contributed by atoms with van der Waals surface area (Å²) in [4.78, 5) is 27.0. The highest BCUT2D eigenvalue weighted by Crippen LogP contribution is 2.40. The van der Waals surface area contributed by atoms with Crippen LogP contribution >= 0.6 is 22.9 Å². The molecule has 1 amide bonds. The number of nitrogens with one attached hydrogen (secondary N) is 1. The molecule has 0 bridgehead atoms. The normalized spacial score (nSPS) is 17.3. The molecule has 0 aliphatic heterocycles. The molecule has 0 atom stereocenters. The number of hydrogen-bond donors (Lipinski definition) is 1. The van der Waals surface area contributed by atoms with E-state index in [1.165, 1.54) is 35.2 Å². The van der Waals surface area contributed by atoms with Gasteiger partial charge in [-0.2, -0.15) is 13.2 Å². The summed E-state index contributed by atoms with van der Waals surface area (Å²) in [5.74, 6) is -4.66. The van der Waals surface area contributed by atoms with Gasteiger partial charge in [0.1, 0.15) is 22.3 Å². The molecule has 0 unspecified atom stereocenters. The van der Waals surface area contributed by atoms with Crippen molar-refractivity contribution in [1.82, 2.24) is 10.2 Å². The molecule has 0 spiro atoms. The number of Topliss-reactive ketones (excluding diaryl/α,β-unsaturated/α-hetero) is 1. The Hall–Kier alpha value is -3.41. The highest BCUT2D eigenvalue weighted by atomic mass is 35.5. The Morgan fingerprint density at radius 3 is 2.12 bits per heavy atom. The van der Waals surface area contributed by atoms with Crippen molar-refractivity contribution in [3.8, 4) is 11.1 Å². The number of thiophene rings is 1. The van der Waals surface area contributed by atoms with Crippen molar-refractivity contribution >= 4 is 44.7 Å². The summed E-state index contributed by atoms with van der Waals surface area (Å²) in [5, 5.41) is 2.82. The highest BCUT2D eigenvalue weighted by Gasteiger charge is 2.39. The van der Waals surface area contributed by atoms with Gasteiger partial charge < -0.3 is 10.2 Å². The van der Waals surface area contributed by atoms with E-state index in [0.29, 0.717) is 24.0 Å². The van der Waals surface area contributed by atoms with Crippen LogP contribution in [0.5, 0.6) is 0 Å². The Kier molecular flexibility index (Phi) is 8.87. The van der Waals surface area contributed by atoms with Crippen LogP contribution in [0, 0.1) is 17.5 Å². The fourth-order valence-electron chi connectivity index (χ4n) is 5.45. The SMILES string of the molecule is CN[C@H]1CC[C@H](N(Cc2cc(-c3ccc(C(=O)C(F)(F)F)cc3)ccc2F)C(=O)c2sc3c(F)ccc(F)c3c2Cl)CC1. The number of fused-ring (bicyclic) bond motifs is 1. The number of carbonyl (C=O) groups excluding carboxylic acids is 2. The molecule has 5 rings (SSSR count). The van der Waals surface area contributed by atoms with E-state index in [1.807, 2.05) is 7.05 Å². The van der Waals surface area contributed by atoms with E-state index >= 15 is 4.39 Å². The lowest BCUT2D eigenvalue weighted by atomic mass is 9.89. The zero-order chi connectivity index (χ0) is 31.1. The summed E-state index contributed by atoms with van der Waals surface area (Å²) in [7, 11) is 1.85. The molecule has 0 radical (unpaired) electrons. The van der Waals surface area contributed by atoms with Gasteiger partial charge in [0.2, 0.25) is 0 Å². The zero-order valence-corrected chi connectivity index (χ0v) is 24.3. The third-order valence-electron chi connectivity index (χ3n) is 7.81. The van der Waals surface area contributed by atoms with E-state index in [4.69, 9.17) is 11.6 Å². The minimum atomic E-state index is -5.01. The van der Waals surface area contributed by atoms with Gasteiger partial charge in [-0.25, -0.2) is 13.2 Å². The van der Waals surface area contributed by atoms with Crippen molar-refractivity contribution in [1.29, 1.82) is 0 Å². The predicted molar refractivity (Wildman–Crippen MR) is 154 cm³/mol. The third-order valence-corrected chi connectivity index (χ3v) is 9.48. The van der Waals surface area contributed by atoms with Crippen LogP contribution in [0.4, 0.5) is 26.3 Å². The number of hydrogen-bond acceptors (Lipinski definition) is 4. The van der Waals surface area contributed by atoms with E-state index in [9.17, 15) is 31.5 Å². The number of ketones is 1. The summed E-state index contributed by atoms with van der Waals surface area (Å²) in [6.45, 7) is -0.187. The molecule has 1 fully saturated rings. The molecule has 1 saturated carbocycles. The van der Waals surface area contributed by atoms with Gasteiger partial charge in [-0.1, -0.05) is 41.9 Å². The maximum atomic E-state index is 15.2. The smallest absolute Gasteiger partial charge is 0.330 e. The maximum absolute atomic E-state index is 15.2. The summed E-state index contributed by atoms with van der Waals surface area (Å²) in [6, 6.07) is 10.7. The quantitative estimate of drug-likeness (QED) is 0.163. The average Bonchev–Trinajstić information content (AvgIpc) is 3.36. The monoisotopic (exact) mass is 638 g/mol. The van der Waals surface area contributed by atoms with E-state index in [-0.39, 0.29) is 44.2 Å². The van der Waals surface area contributed by atoms with E-state index in [0.717, 1.165) is 48.4 Å². The zero-order valence-electron chi connectivity index (χ0n) is 22.7. The first-order valence-corrected chi connectivity index (χ1v) is 14.6. The standard InChI is InChI=1S/C31H25ClF6N2O2S/c1-39-20-7-9-21(10-8-20)40(30(42)28-26(32)25-23(34)12-13-24(35)27(25)43-28)15-19-14-18(6-11-22(19)33)16-2-4-17(5-3-16)29(41)31(36,37)38/h2-6,11-14,20-21,39H,7-10,15H2,1H3/t20-,21-. The predicted octanol–water partition coefficient (Wildman–Crippen LogP) is 8.56. The molecular weight excluding hydrogens is 614 g/mol. The van der Waals surface area contributed by atoms with Gasteiger partial charge in [0.05, 0.1) is 15.1 Å². The van der Waals surface area contributed by atoms with Gasteiger partial charge in [0, 0.05) is 29.8 Å². The minimum Gasteiger partial charge on any atom is -0.330 e. The molecule has 1 aliphatic rings. The van der Waals surface area contributed by atoms with Crippen molar-refractivity contribution in [2.75, 3.05) is 7.05 Å². The Labute approximate surface area is 252 Å².